The molecule has 0 aromatic heterocycles. The predicted molar refractivity (Wildman–Crippen MR) is 39.1 cm³/mol. The van der Waals surface area contributed by atoms with Crippen LogP contribution in [0.5, 0.6) is 0 Å². The molecule has 0 amide bonds. The summed E-state index contributed by atoms with van der Waals surface area (Å²) in [5.41, 5.74) is 0. The number of alkyl halides is 1. The summed E-state index contributed by atoms with van der Waals surface area (Å²) in [6.45, 7) is 2.82. The van der Waals surface area contributed by atoms with Crippen LogP contribution in [0.3, 0.4) is 0 Å². The maximum Gasteiger partial charge on any atom is 0.103 e. The average Bonchev–Trinajstić information content (AvgIpc) is 1.87. The van der Waals surface area contributed by atoms with Gasteiger partial charge in [0, 0.05) is 0 Å². The molecule has 10 heavy (non-hydrogen) atoms. The van der Waals surface area contributed by atoms with Crippen LogP contribution in [-0.4, -0.2) is 33.4 Å². The van der Waals surface area contributed by atoms with Gasteiger partial charge in [0.2, 0.25) is 0 Å². The van der Waals surface area contributed by atoms with Crippen molar-refractivity contribution in [3.05, 3.63) is 12.3 Å². The highest BCUT2D eigenvalue weighted by molar-refractivity contribution is 6.22. The molecule has 0 fully saturated rings. The zero-order valence-corrected chi connectivity index (χ0v) is 6.25. The van der Waals surface area contributed by atoms with Crippen LogP contribution in [0, 0.1) is 0 Å². The van der Waals surface area contributed by atoms with E-state index in [1.807, 2.05) is 0 Å². The second-order valence-electron chi connectivity index (χ2n) is 2.03. The quantitative estimate of drug-likeness (QED) is 0.419. The van der Waals surface area contributed by atoms with Crippen LogP contribution < -0.4 is 0 Å². The Morgan fingerprint density at radius 1 is 1.60 bits per heavy atom. The highest BCUT2D eigenvalue weighted by Crippen LogP contribution is 2.11. The molecule has 0 aromatic carbocycles. The van der Waals surface area contributed by atoms with E-state index < -0.39 is 11.5 Å². The second kappa shape index (κ2) is 4.55. The zero-order chi connectivity index (χ0) is 8.15. The number of hydrogen-bond donors (Lipinski definition) is 3. The van der Waals surface area contributed by atoms with Crippen molar-refractivity contribution in [2.45, 2.75) is 17.9 Å². The summed E-state index contributed by atoms with van der Waals surface area (Å²) in [6.07, 6.45) is -0.765. The topological polar surface area (TPSA) is 60.7 Å². The van der Waals surface area contributed by atoms with Gasteiger partial charge in [0.1, 0.15) is 5.76 Å². The molecule has 0 saturated heterocycles. The summed E-state index contributed by atoms with van der Waals surface area (Å²) in [7, 11) is 0. The Morgan fingerprint density at radius 2 is 2.10 bits per heavy atom. The Labute approximate surface area is 64.6 Å². The van der Waals surface area contributed by atoms with E-state index in [9.17, 15) is 0 Å². The Hall–Kier alpha value is -0.250. The van der Waals surface area contributed by atoms with E-state index >= 15 is 0 Å². The molecule has 0 heterocycles. The molecule has 0 bridgehead atoms. The standard InChI is InChI=1S/C6H11ClO3/c1-4(9)6(7)2-5(10)3-8/h5-6,8-10H,1-3H2/t5?,6-/m1/s1. The number of hydrogen-bond acceptors (Lipinski definition) is 3. The minimum absolute atomic E-state index is 0.118. The van der Waals surface area contributed by atoms with Crippen molar-refractivity contribution in [2.24, 2.45) is 0 Å². The number of aliphatic hydroxyl groups excluding tert-OH is 3. The zero-order valence-electron chi connectivity index (χ0n) is 5.50. The van der Waals surface area contributed by atoms with Crippen LogP contribution in [0.2, 0.25) is 0 Å². The molecule has 1 unspecified atom stereocenters. The van der Waals surface area contributed by atoms with E-state index in [1.165, 1.54) is 0 Å². The molecule has 3 N–H and O–H groups in total. The minimum Gasteiger partial charge on any atom is -0.511 e. The van der Waals surface area contributed by atoms with E-state index in [0.717, 1.165) is 0 Å². The first-order valence-electron chi connectivity index (χ1n) is 2.88. The Kier molecular flexibility index (Phi) is 4.43. The van der Waals surface area contributed by atoms with Crippen molar-refractivity contribution in [2.75, 3.05) is 6.61 Å². The maximum atomic E-state index is 8.79. The van der Waals surface area contributed by atoms with Crippen LogP contribution in [0.1, 0.15) is 6.42 Å². The van der Waals surface area contributed by atoms with Crippen LogP contribution in [0.25, 0.3) is 0 Å². The second-order valence-corrected chi connectivity index (χ2v) is 2.56. The molecule has 0 aromatic rings. The summed E-state index contributed by atoms with van der Waals surface area (Å²) in [5, 5.41) is 25.1. The summed E-state index contributed by atoms with van der Waals surface area (Å²) in [5.74, 6) is -0.186. The van der Waals surface area contributed by atoms with E-state index in [0.29, 0.717) is 0 Å². The first kappa shape index (κ1) is 9.75. The Morgan fingerprint density at radius 3 is 2.40 bits per heavy atom. The third-order valence-corrected chi connectivity index (χ3v) is 1.48. The smallest absolute Gasteiger partial charge is 0.103 e. The van der Waals surface area contributed by atoms with Gasteiger partial charge in [-0.1, -0.05) is 6.58 Å². The number of allylic oxidation sites excluding steroid dienone is 1. The van der Waals surface area contributed by atoms with Crippen LogP contribution in [-0.2, 0) is 0 Å². The van der Waals surface area contributed by atoms with Gasteiger partial charge in [0.15, 0.2) is 0 Å². The van der Waals surface area contributed by atoms with Gasteiger partial charge >= 0.3 is 0 Å². The largest absolute Gasteiger partial charge is 0.511 e. The van der Waals surface area contributed by atoms with E-state index in [2.05, 4.69) is 6.58 Å². The van der Waals surface area contributed by atoms with E-state index in [-0.39, 0.29) is 18.8 Å². The van der Waals surface area contributed by atoms with Crippen molar-refractivity contribution < 1.29 is 15.3 Å². The summed E-state index contributed by atoms with van der Waals surface area (Å²) in [6, 6.07) is 0. The molecule has 0 aliphatic rings. The van der Waals surface area contributed by atoms with Gasteiger partial charge in [-0.3, -0.25) is 0 Å². The Balaban J connectivity index is 3.56. The number of rotatable bonds is 4. The average molecular weight is 167 g/mol. The molecule has 0 spiro atoms. The first-order valence-corrected chi connectivity index (χ1v) is 3.32. The lowest BCUT2D eigenvalue weighted by Crippen LogP contribution is -2.18. The summed E-state index contributed by atoms with van der Waals surface area (Å²) in [4.78, 5) is 0. The van der Waals surface area contributed by atoms with Crippen LogP contribution >= 0.6 is 11.6 Å². The molecule has 3 nitrogen and oxygen atoms in total. The van der Waals surface area contributed by atoms with Gasteiger partial charge in [-0.2, -0.15) is 0 Å². The van der Waals surface area contributed by atoms with Crippen LogP contribution in [0.4, 0.5) is 0 Å². The van der Waals surface area contributed by atoms with E-state index in [4.69, 9.17) is 26.9 Å². The predicted octanol–water partition coefficient (Wildman–Crippen LogP) is 0.409. The lowest BCUT2D eigenvalue weighted by molar-refractivity contribution is 0.0870. The molecule has 0 saturated carbocycles. The fourth-order valence-electron chi connectivity index (χ4n) is 0.449. The summed E-state index contributed by atoms with van der Waals surface area (Å²) < 4.78 is 0. The fraction of sp³-hybridized carbons (Fsp3) is 0.667. The maximum absolute atomic E-state index is 8.79. The molecular weight excluding hydrogens is 156 g/mol. The van der Waals surface area contributed by atoms with Crippen molar-refractivity contribution in [1.29, 1.82) is 0 Å². The fourth-order valence-corrected chi connectivity index (χ4v) is 0.655. The van der Waals surface area contributed by atoms with Crippen molar-refractivity contribution in [3.63, 3.8) is 0 Å². The lowest BCUT2D eigenvalue weighted by atomic mass is 10.2. The summed E-state index contributed by atoms with van der Waals surface area (Å²) >= 11 is 5.47. The number of halogens is 1. The molecule has 2 atom stereocenters. The van der Waals surface area contributed by atoms with Gasteiger partial charge < -0.3 is 15.3 Å². The Bertz CT molecular complexity index is 116. The normalized spacial score (nSPS) is 16.3. The van der Waals surface area contributed by atoms with Gasteiger partial charge in [-0.05, 0) is 6.42 Å². The van der Waals surface area contributed by atoms with Gasteiger partial charge in [-0.15, -0.1) is 11.6 Å². The van der Waals surface area contributed by atoms with Crippen molar-refractivity contribution in [3.8, 4) is 0 Å². The van der Waals surface area contributed by atoms with Gasteiger partial charge in [0.25, 0.3) is 0 Å². The van der Waals surface area contributed by atoms with Crippen LogP contribution in [0.15, 0.2) is 12.3 Å². The molecule has 0 rings (SSSR count). The molecular formula is C6H11ClO3. The first-order chi connectivity index (χ1) is 4.57. The highest BCUT2D eigenvalue weighted by atomic mass is 35.5. The number of aliphatic hydroxyl groups is 3. The highest BCUT2D eigenvalue weighted by Gasteiger charge is 2.12. The third kappa shape index (κ3) is 3.71. The minimum atomic E-state index is -0.883. The van der Waals surface area contributed by atoms with Gasteiger partial charge in [0.05, 0.1) is 18.1 Å². The monoisotopic (exact) mass is 166 g/mol. The third-order valence-electron chi connectivity index (χ3n) is 1.05. The lowest BCUT2D eigenvalue weighted by Gasteiger charge is -2.10. The van der Waals surface area contributed by atoms with E-state index in [1.54, 1.807) is 0 Å². The molecule has 4 heteroatoms. The molecule has 0 radical (unpaired) electrons. The van der Waals surface area contributed by atoms with Crippen molar-refractivity contribution >= 4 is 11.6 Å². The molecule has 0 aliphatic heterocycles. The van der Waals surface area contributed by atoms with Crippen molar-refractivity contribution in [1.82, 2.24) is 0 Å². The molecule has 60 valence electrons. The van der Waals surface area contributed by atoms with Gasteiger partial charge in [-0.25, -0.2) is 0 Å². The molecule has 0 aliphatic carbocycles. The SMILES string of the molecule is C=C(O)[C@H](Cl)CC(O)CO.